The van der Waals surface area contributed by atoms with Gasteiger partial charge < -0.3 is 25.8 Å². The lowest BCUT2D eigenvalue weighted by molar-refractivity contribution is -0.123. The molecular formula is C22H38IN7O. The molecule has 1 aromatic heterocycles. The SMILES string of the molecule is CCNC(=NCCCCN1CCC(C(N)=O)CC1)N1CCN(c2ccccn2)CC1.I. The van der Waals surface area contributed by atoms with Crippen LogP contribution in [0.2, 0.25) is 0 Å². The van der Waals surface area contributed by atoms with Gasteiger partial charge in [-0.1, -0.05) is 6.07 Å². The Bertz CT molecular complexity index is 672. The van der Waals surface area contributed by atoms with Crippen LogP contribution in [0.3, 0.4) is 0 Å². The van der Waals surface area contributed by atoms with Crippen molar-refractivity contribution in [3.05, 3.63) is 24.4 Å². The highest BCUT2D eigenvalue weighted by Gasteiger charge is 2.23. The number of piperazine rings is 1. The van der Waals surface area contributed by atoms with Gasteiger partial charge in [0, 0.05) is 51.4 Å². The molecule has 0 radical (unpaired) electrons. The number of rotatable bonds is 8. The third kappa shape index (κ3) is 8.10. The third-order valence-electron chi connectivity index (χ3n) is 6.02. The summed E-state index contributed by atoms with van der Waals surface area (Å²) in [6.45, 7) is 10.7. The van der Waals surface area contributed by atoms with Crippen LogP contribution in [-0.4, -0.2) is 85.6 Å². The Morgan fingerprint density at radius 2 is 1.90 bits per heavy atom. The van der Waals surface area contributed by atoms with Gasteiger partial charge in [-0.05, 0) is 64.4 Å². The number of pyridine rings is 1. The number of nitrogens with one attached hydrogen (secondary N) is 1. The molecule has 2 aliphatic rings. The Kier molecular flexibility index (Phi) is 11.3. The van der Waals surface area contributed by atoms with E-state index < -0.39 is 0 Å². The van der Waals surface area contributed by atoms with E-state index in [4.69, 9.17) is 10.7 Å². The van der Waals surface area contributed by atoms with Crippen molar-refractivity contribution in [1.82, 2.24) is 20.1 Å². The highest BCUT2D eigenvalue weighted by molar-refractivity contribution is 14.0. The van der Waals surface area contributed by atoms with Crippen molar-refractivity contribution in [2.75, 3.05) is 63.8 Å². The number of hydrogen-bond acceptors (Lipinski definition) is 5. The largest absolute Gasteiger partial charge is 0.369 e. The van der Waals surface area contributed by atoms with E-state index >= 15 is 0 Å². The molecule has 0 unspecified atom stereocenters. The second-order valence-electron chi connectivity index (χ2n) is 8.12. The zero-order chi connectivity index (χ0) is 21.2. The lowest BCUT2D eigenvalue weighted by atomic mass is 9.96. The molecule has 2 fully saturated rings. The molecule has 2 saturated heterocycles. The summed E-state index contributed by atoms with van der Waals surface area (Å²) in [6.07, 6.45) is 5.88. The normalized spacial score (nSPS) is 18.5. The van der Waals surface area contributed by atoms with Gasteiger partial charge in [0.15, 0.2) is 5.96 Å². The number of nitrogens with zero attached hydrogens (tertiary/aromatic N) is 5. The molecule has 1 aromatic rings. The number of guanidine groups is 1. The van der Waals surface area contributed by atoms with Crippen molar-refractivity contribution in [2.45, 2.75) is 32.6 Å². The van der Waals surface area contributed by atoms with E-state index in [1.54, 1.807) is 0 Å². The average Bonchev–Trinajstić information content (AvgIpc) is 2.79. The lowest BCUT2D eigenvalue weighted by Gasteiger charge is -2.37. The predicted molar refractivity (Wildman–Crippen MR) is 137 cm³/mol. The fourth-order valence-corrected chi connectivity index (χ4v) is 4.19. The van der Waals surface area contributed by atoms with Crippen LogP contribution in [0.25, 0.3) is 0 Å². The lowest BCUT2D eigenvalue weighted by Crippen LogP contribution is -2.52. The molecule has 174 valence electrons. The Morgan fingerprint density at radius 3 is 2.52 bits per heavy atom. The van der Waals surface area contributed by atoms with Gasteiger partial charge in [-0.25, -0.2) is 4.98 Å². The maximum Gasteiger partial charge on any atom is 0.220 e. The van der Waals surface area contributed by atoms with Crippen LogP contribution >= 0.6 is 24.0 Å². The smallest absolute Gasteiger partial charge is 0.220 e. The van der Waals surface area contributed by atoms with Crippen LogP contribution in [0.5, 0.6) is 0 Å². The molecule has 3 N–H and O–H groups in total. The number of likely N-dealkylation sites (tertiary alicyclic amines) is 1. The van der Waals surface area contributed by atoms with Crippen LogP contribution in [0.4, 0.5) is 5.82 Å². The number of unbranched alkanes of at least 4 members (excludes halogenated alkanes) is 1. The molecule has 3 heterocycles. The molecule has 2 aliphatic heterocycles. The summed E-state index contributed by atoms with van der Waals surface area (Å²) in [5, 5.41) is 3.45. The molecule has 8 nitrogen and oxygen atoms in total. The van der Waals surface area contributed by atoms with Gasteiger partial charge in [-0.15, -0.1) is 24.0 Å². The van der Waals surface area contributed by atoms with Crippen molar-refractivity contribution in [3.63, 3.8) is 0 Å². The topological polar surface area (TPSA) is 90.1 Å². The number of halogens is 1. The van der Waals surface area contributed by atoms with Gasteiger partial charge in [0.05, 0.1) is 0 Å². The van der Waals surface area contributed by atoms with Gasteiger partial charge in [-0.3, -0.25) is 9.79 Å². The third-order valence-corrected chi connectivity index (χ3v) is 6.02. The van der Waals surface area contributed by atoms with Gasteiger partial charge >= 0.3 is 0 Å². The summed E-state index contributed by atoms with van der Waals surface area (Å²) in [4.78, 5) is 27.7. The Hall–Kier alpha value is -1.62. The average molecular weight is 543 g/mol. The quantitative estimate of drug-likeness (QED) is 0.225. The summed E-state index contributed by atoms with van der Waals surface area (Å²) in [7, 11) is 0. The van der Waals surface area contributed by atoms with E-state index in [0.29, 0.717) is 0 Å². The molecular weight excluding hydrogens is 505 g/mol. The molecule has 9 heteroatoms. The van der Waals surface area contributed by atoms with Crippen molar-refractivity contribution in [1.29, 1.82) is 0 Å². The maximum absolute atomic E-state index is 11.3. The first-order valence-corrected chi connectivity index (χ1v) is 11.4. The van der Waals surface area contributed by atoms with Crippen LogP contribution in [0.1, 0.15) is 32.6 Å². The number of primary amides is 1. The first kappa shape index (κ1) is 25.6. The predicted octanol–water partition coefficient (Wildman–Crippen LogP) is 1.76. The second kappa shape index (κ2) is 13.7. The van der Waals surface area contributed by atoms with E-state index in [1.165, 1.54) is 0 Å². The molecule has 0 saturated carbocycles. The highest BCUT2D eigenvalue weighted by Crippen LogP contribution is 2.17. The number of aromatic nitrogens is 1. The minimum Gasteiger partial charge on any atom is -0.369 e. The number of amides is 1. The summed E-state index contributed by atoms with van der Waals surface area (Å²) in [5.74, 6) is 2.02. The zero-order valence-corrected chi connectivity index (χ0v) is 21.0. The monoisotopic (exact) mass is 543 g/mol. The number of aliphatic imine (C=N–C) groups is 1. The minimum absolute atomic E-state index is 0. The van der Waals surface area contributed by atoms with Crippen LogP contribution in [0.15, 0.2) is 29.4 Å². The number of anilines is 1. The standard InChI is InChI=1S/C22H37N7O.HI/c1-2-24-22(29-17-15-28(16-18-29)20-7-3-4-10-25-20)26-11-5-6-12-27-13-8-19(9-14-27)21(23)30;/h3-4,7,10,19H,2,5-6,8-9,11-18H2,1H3,(H2,23,30)(H,24,26);1H. The van der Waals surface area contributed by atoms with E-state index in [0.717, 1.165) is 96.4 Å². The minimum atomic E-state index is -0.138. The number of piperidine rings is 1. The van der Waals surface area contributed by atoms with Gasteiger partial charge in [0.1, 0.15) is 5.82 Å². The molecule has 3 rings (SSSR count). The molecule has 0 bridgehead atoms. The number of nitrogens with two attached hydrogens (primary N) is 1. The van der Waals surface area contributed by atoms with Crippen molar-refractivity contribution >= 4 is 41.7 Å². The Morgan fingerprint density at radius 1 is 1.16 bits per heavy atom. The molecule has 31 heavy (non-hydrogen) atoms. The van der Waals surface area contributed by atoms with Gasteiger partial charge in [-0.2, -0.15) is 0 Å². The summed E-state index contributed by atoms with van der Waals surface area (Å²) >= 11 is 0. The molecule has 0 aromatic carbocycles. The number of carbonyl (C=O) groups is 1. The highest BCUT2D eigenvalue weighted by atomic mass is 127. The van der Waals surface area contributed by atoms with Gasteiger partial charge in [0.2, 0.25) is 5.91 Å². The number of carbonyl (C=O) groups excluding carboxylic acids is 1. The Labute approximate surface area is 203 Å². The summed E-state index contributed by atoms with van der Waals surface area (Å²) in [5.41, 5.74) is 5.42. The van der Waals surface area contributed by atoms with E-state index in [9.17, 15) is 4.79 Å². The van der Waals surface area contributed by atoms with E-state index in [-0.39, 0.29) is 35.8 Å². The summed E-state index contributed by atoms with van der Waals surface area (Å²) in [6, 6.07) is 6.07. The van der Waals surface area contributed by atoms with Gasteiger partial charge in [0.25, 0.3) is 0 Å². The molecule has 1 amide bonds. The van der Waals surface area contributed by atoms with E-state index in [2.05, 4.69) is 38.0 Å². The maximum atomic E-state index is 11.3. The number of hydrogen-bond donors (Lipinski definition) is 2. The molecule has 0 spiro atoms. The van der Waals surface area contributed by atoms with Crippen LogP contribution < -0.4 is 16.0 Å². The fourth-order valence-electron chi connectivity index (χ4n) is 4.19. The fraction of sp³-hybridized carbons (Fsp3) is 0.682. The summed E-state index contributed by atoms with van der Waals surface area (Å²) < 4.78 is 0. The van der Waals surface area contributed by atoms with Crippen molar-refractivity contribution < 1.29 is 4.79 Å². The molecule has 0 atom stereocenters. The first-order valence-electron chi connectivity index (χ1n) is 11.4. The van der Waals surface area contributed by atoms with Crippen molar-refractivity contribution in [2.24, 2.45) is 16.6 Å². The second-order valence-corrected chi connectivity index (χ2v) is 8.12. The first-order chi connectivity index (χ1) is 14.7. The molecule has 0 aliphatic carbocycles. The van der Waals surface area contributed by atoms with Crippen LogP contribution in [0, 0.1) is 5.92 Å². The Balaban J connectivity index is 0.00000341. The van der Waals surface area contributed by atoms with Crippen LogP contribution in [-0.2, 0) is 4.79 Å². The van der Waals surface area contributed by atoms with Crippen molar-refractivity contribution in [3.8, 4) is 0 Å². The zero-order valence-electron chi connectivity index (χ0n) is 18.7. The van der Waals surface area contributed by atoms with E-state index in [1.807, 2.05) is 18.3 Å².